The fraction of sp³-hybridized carbons (Fsp3) is 0.778. The molecule has 1 saturated heterocycles. The van der Waals surface area contributed by atoms with Crippen molar-refractivity contribution in [3.05, 3.63) is 16.6 Å². The molecule has 2 aliphatic rings. The average molecular weight is 227 g/mol. The van der Waals surface area contributed by atoms with E-state index in [1.54, 1.807) is 0 Å². The molecule has 0 radical (unpaired) electrons. The number of fused-ring (bicyclic) bond motifs is 3. The van der Waals surface area contributed by atoms with E-state index in [0.717, 1.165) is 5.06 Å². The molecule has 0 bridgehead atoms. The Balaban J connectivity index is 2.11. The number of nitrogens with zero attached hydrogens (tertiary/aromatic N) is 3. The van der Waals surface area contributed by atoms with E-state index in [9.17, 15) is 15.5 Å². The van der Waals surface area contributed by atoms with Crippen LogP contribution >= 0.6 is 0 Å². The topological polar surface area (TPSA) is 96.7 Å². The van der Waals surface area contributed by atoms with Crippen molar-refractivity contribution < 1.29 is 19.8 Å². The molecule has 7 nitrogen and oxygen atoms in total. The number of rotatable bonds is 0. The van der Waals surface area contributed by atoms with E-state index in [-0.39, 0.29) is 11.7 Å². The zero-order valence-corrected chi connectivity index (χ0v) is 8.83. The van der Waals surface area contributed by atoms with Crippen LogP contribution in [0, 0.1) is 5.21 Å². The van der Waals surface area contributed by atoms with E-state index in [1.807, 2.05) is 6.92 Å². The third-order valence-electron chi connectivity index (χ3n) is 3.69. The first kappa shape index (κ1) is 10.0. The number of hydrogen-bond acceptors (Lipinski definition) is 6. The Bertz CT molecular complexity index is 434. The maximum atomic E-state index is 11.3. The van der Waals surface area contributed by atoms with Crippen LogP contribution in [-0.4, -0.2) is 32.6 Å². The van der Waals surface area contributed by atoms with Gasteiger partial charge in [0.2, 0.25) is 5.69 Å². The normalized spacial score (nSPS) is 38.4. The summed E-state index contributed by atoms with van der Waals surface area (Å²) in [4.78, 5) is 0.341. The Morgan fingerprint density at radius 2 is 2.44 bits per heavy atom. The van der Waals surface area contributed by atoms with Crippen molar-refractivity contribution in [1.29, 1.82) is 0 Å². The van der Waals surface area contributed by atoms with Crippen LogP contribution in [0.15, 0.2) is 4.63 Å². The van der Waals surface area contributed by atoms with Gasteiger partial charge in [-0.05, 0) is 18.2 Å². The lowest BCUT2D eigenvalue weighted by molar-refractivity contribution is -0.808. The molecule has 0 saturated carbocycles. The molecule has 16 heavy (non-hydrogen) atoms. The monoisotopic (exact) mass is 227 g/mol. The van der Waals surface area contributed by atoms with Crippen molar-refractivity contribution in [1.82, 2.24) is 10.2 Å². The lowest BCUT2D eigenvalue weighted by Crippen LogP contribution is -2.47. The van der Waals surface area contributed by atoms with Gasteiger partial charge in [-0.15, -0.1) is 0 Å². The van der Waals surface area contributed by atoms with Crippen LogP contribution in [-0.2, 0) is 12.0 Å². The van der Waals surface area contributed by atoms with E-state index in [2.05, 4.69) is 9.79 Å². The molecule has 3 atom stereocenters. The van der Waals surface area contributed by atoms with E-state index in [4.69, 9.17) is 0 Å². The first-order valence-corrected chi connectivity index (χ1v) is 5.32. The summed E-state index contributed by atoms with van der Waals surface area (Å²) < 4.78 is 4.51. The van der Waals surface area contributed by atoms with Gasteiger partial charge in [0.15, 0.2) is 5.60 Å². The molecule has 0 amide bonds. The van der Waals surface area contributed by atoms with Crippen molar-refractivity contribution in [2.24, 2.45) is 0 Å². The maximum absolute atomic E-state index is 11.3. The molecule has 2 N–H and O–H groups in total. The van der Waals surface area contributed by atoms with E-state index in [0.29, 0.717) is 29.9 Å². The third kappa shape index (κ3) is 1.02. The van der Waals surface area contributed by atoms with Gasteiger partial charge in [0.25, 0.3) is 5.69 Å². The average Bonchev–Trinajstić information content (AvgIpc) is 2.70. The maximum Gasteiger partial charge on any atom is 0.254 e. The zero-order valence-electron chi connectivity index (χ0n) is 8.83. The van der Waals surface area contributed by atoms with Crippen LogP contribution in [0.4, 0.5) is 0 Å². The Kier molecular flexibility index (Phi) is 1.84. The van der Waals surface area contributed by atoms with Gasteiger partial charge >= 0.3 is 0 Å². The first-order chi connectivity index (χ1) is 7.54. The third-order valence-corrected chi connectivity index (χ3v) is 3.69. The molecule has 0 spiro atoms. The quantitative estimate of drug-likeness (QED) is 0.568. The molecule has 1 aromatic rings. The molecule has 3 rings (SSSR count). The summed E-state index contributed by atoms with van der Waals surface area (Å²) in [7, 11) is 0. The summed E-state index contributed by atoms with van der Waals surface area (Å²) in [6.45, 7) is 1.82. The fourth-order valence-electron chi connectivity index (χ4n) is 2.91. The Morgan fingerprint density at radius 3 is 3.19 bits per heavy atom. The smallest absolute Gasteiger partial charge is 0.254 e. The Morgan fingerprint density at radius 1 is 1.69 bits per heavy atom. The van der Waals surface area contributed by atoms with Crippen molar-refractivity contribution in [2.75, 3.05) is 0 Å². The van der Waals surface area contributed by atoms with Crippen LogP contribution in [0.25, 0.3) is 0 Å². The largest absolute Gasteiger partial charge is 0.379 e. The summed E-state index contributed by atoms with van der Waals surface area (Å²) in [5.74, 6) is 0. The molecule has 0 aromatic carbocycles. The van der Waals surface area contributed by atoms with Crippen molar-refractivity contribution >= 4 is 0 Å². The van der Waals surface area contributed by atoms with E-state index < -0.39 is 11.6 Å². The summed E-state index contributed by atoms with van der Waals surface area (Å²) in [5.41, 5.74) is -0.607. The second-order valence-electron chi connectivity index (χ2n) is 4.64. The minimum Gasteiger partial charge on any atom is -0.379 e. The molecule has 2 heterocycles. The summed E-state index contributed by atoms with van der Waals surface area (Å²) >= 11 is 0. The predicted molar refractivity (Wildman–Crippen MR) is 49.2 cm³/mol. The van der Waals surface area contributed by atoms with Crippen molar-refractivity contribution in [3.8, 4) is 0 Å². The second kappa shape index (κ2) is 2.93. The molecule has 88 valence electrons. The number of hydrogen-bond donors (Lipinski definition) is 2. The lowest BCUT2D eigenvalue weighted by Gasteiger charge is -2.31. The van der Waals surface area contributed by atoms with E-state index >= 15 is 0 Å². The number of aliphatic hydroxyl groups is 1. The zero-order chi connectivity index (χ0) is 11.5. The van der Waals surface area contributed by atoms with Crippen LogP contribution in [0.1, 0.15) is 31.2 Å². The fourth-order valence-corrected chi connectivity index (χ4v) is 2.91. The number of aromatic nitrogens is 2. The van der Waals surface area contributed by atoms with Gasteiger partial charge in [-0.3, -0.25) is 4.63 Å². The molecule has 1 aliphatic heterocycles. The summed E-state index contributed by atoms with van der Waals surface area (Å²) in [6, 6.07) is -0.558. The second-order valence-corrected chi connectivity index (χ2v) is 4.64. The molecule has 1 fully saturated rings. The van der Waals surface area contributed by atoms with Gasteiger partial charge in [0.1, 0.15) is 0 Å². The molecule has 1 aromatic heterocycles. The predicted octanol–water partition coefficient (Wildman–Crippen LogP) is -0.706. The van der Waals surface area contributed by atoms with Gasteiger partial charge in [0, 0.05) is 24.0 Å². The summed E-state index contributed by atoms with van der Waals surface area (Å²) in [6.07, 6.45) is 1.33. The molecular formula is C9H13N3O4. The highest BCUT2D eigenvalue weighted by molar-refractivity contribution is 5.24. The molecular weight excluding hydrogens is 214 g/mol. The standard InChI is InChI=1S/C9H13N3O4/c1-5-4-9(13)7(11(5)14)3-2-6-8(9)10-16-12(6)15/h5,7,13-14H,2-4H2,1H3/t5-,7+,9-/m0/s1. The lowest BCUT2D eigenvalue weighted by atomic mass is 9.81. The van der Waals surface area contributed by atoms with Crippen LogP contribution in [0.2, 0.25) is 0 Å². The van der Waals surface area contributed by atoms with Gasteiger partial charge < -0.3 is 15.5 Å². The molecule has 0 unspecified atom stereocenters. The van der Waals surface area contributed by atoms with Crippen LogP contribution < -0.4 is 4.90 Å². The Hall–Kier alpha value is -1.18. The highest BCUT2D eigenvalue weighted by Crippen LogP contribution is 2.45. The van der Waals surface area contributed by atoms with E-state index in [1.165, 1.54) is 0 Å². The van der Waals surface area contributed by atoms with Gasteiger partial charge in [0.05, 0.1) is 6.04 Å². The highest BCUT2D eigenvalue weighted by Gasteiger charge is 2.58. The number of hydroxylamine groups is 2. The molecule has 7 heteroatoms. The minimum absolute atomic E-state index is 0.155. The summed E-state index contributed by atoms with van der Waals surface area (Å²) in [5, 5.41) is 36.4. The van der Waals surface area contributed by atoms with Gasteiger partial charge in [-0.2, -0.15) is 5.06 Å². The highest BCUT2D eigenvalue weighted by atomic mass is 16.8. The minimum atomic E-state index is -1.26. The molecule has 1 aliphatic carbocycles. The van der Waals surface area contributed by atoms with Crippen LogP contribution in [0.5, 0.6) is 0 Å². The Labute approximate surface area is 91.4 Å². The van der Waals surface area contributed by atoms with Crippen molar-refractivity contribution in [3.63, 3.8) is 0 Å². The van der Waals surface area contributed by atoms with Gasteiger partial charge in [-0.1, -0.05) is 0 Å². The van der Waals surface area contributed by atoms with Crippen LogP contribution in [0.3, 0.4) is 0 Å². The van der Waals surface area contributed by atoms with Crippen molar-refractivity contribution in [2.45, 2.75) is 43.9 Å². The SMILES string of the molecule is C[C@H]1C[C@@]2(O)c3no[n+]([O-])c3CC[C@H]2N1O. The first-order valence-electron chi connectivity index (χ1n) is 5.32. The van der Waals surface area contributed by atoms with Gasteiger partial charge in [-0.25, -0.2) is 0 Å².